The molecule has 0 radical (unpaired) electrons. The van der Waals surface area contributed by atoms with Crippen LogP contribution in [0.5, 0.6) is 5.75 Å². The van der Waals surface area contributed by atoms with Crippen molar-refractivity contribution in [3.05, 3.63) is 54.2 Å². The second-order valence-electron chi connectivity index (χ2n) is 10.1. The molecule has 1 fully saturated rings. The number of aliphatic hydroxyl groups excluding tert-OH is 3. The second kappa shape index (κ2) is 14.6. The molecule has 15 heteroatoms. The Morgan fingerprint density at radius 1 is 1.09 bits per heavy atom. The number of hydrogen-bond acceptors (Lipinski definition) is 13. The SMILES string of the molecule is COc1ccc(S(=O)(=O)c2cnc3ccc(C(=O)NC(SOC(C)CO)C(O)CO)cc3c2NN2CCN(C)CC2)cc1. The molecule has 3 atom stereocenters. The van der Waals surface area contributed by atoms with E-state index >= 15 is 0 Å². The number of nitrogens with zero attached hydrogens (tertiary/aromatic N) is 3. The van der Waals surface area contributed by atoms with Gasteiger partial charge >= 0.3 is 0 Å². The maximum absolute atomic E-state index is 13.9. The third kappa shape index (κ3) is 7.93. The number of methoxy groups -OCH3 is 1. The van der Waals surface area contributed by atoms with E-state index in [1.165, 1.54) is 37.6 Å². The molecule has 0 spiro atoms. The average molecular weight is 636 g/mol. The van der Waals surface area contributed by atoms with Crippen molar-refractivity contribution in [3.8, 4) is 5.75 Å². The zero-order valence-electron chi connectivity index (χ0n) is 24.1. The minimum Gasteiger partial charge on any atom is -0.497 e. The number of rotatable bonds is 13. The zero-order valence-corrected chi connectivity index (χ0v) is 25.8. The van der Waals surface area contributed by atoms with Crippen LogP contribution < -0.4 is 15.5 Å². The van der Waals surface area contributed by atoms with E-state index in [0.717, 1.165) is 25.1 Å². The van der Waals surface area contributed by atoms with Crippen molar-refractivity contribution >= 4 is 44.4 Å². The Bertz CT molecular complexity index is 1500. The van der Waals surface area contributed by atoms with Crippen molar-refractivity contribution in [3.63, 3.8) is 0 Å². The molecule has 1 amide bonds. The van der Waals surface area contributed by atoms with Gasteiger partial charge in [-0.3, -0.25) is 9.78 Å². The molecule has 43 heavy (non-hydrogen) atoms. The second-order valence-corrected chi connectivity index (χ2v) is 13.0. The number of amides is 1. The molecular formula is C28H37N5O8S2. The number of pyridine rings is 1. The first kappa shape index (κ1) is 32.9. The molecule has 1 saturated heterocycles. The van der Waals surface area contributed by atoms with Gasteiger partial charge in [0.1, 0.15) is 22.1 Å². The van der Waals surface area contributed by atoms with Gasteiger partial charge in [-0.15, -0.1) is 0 Å². The third-order valence-electron chi connectivity index (χ3n) is 6.92. The standard InChI is InChI=1S/C28H37N5O8S2/c1-18(16-34)41-42-28(24(36)17-35)30-27(37)19-4-9-23-22(14-19)26(31-33-12-10-32(2)11-13-33)25(15-29-23)43(38,39)21-7-5-20(40-3)6-8-21/h4-9,14-15,18,24,28,34-36H,10-13,16-17H2,1-3H3,(H,29,31)(H,30,37). The number of hydrogen-bond donors (Lipinski definition) is 5. The van der Waals surface area contributed by atoms with Crippen molar-refractivity contribution in [1.29, 1.82) is 0 Å². The van der Waals surface area contributed by atoms with Crippen LogP contribution in [-0.2, 0) is 14.0 Å². The summed E-state index contributed by atoms with van der Waals surface area (Å²) in [5, 5.41) is 32.9. The summed E-state index contributed by atoms with van der Waals surface area (Å²) in [6, 6.07) is 10.7. The lowest BCUT2D eigenvalue weighted by Gasteiger charge is -2.33. The van der Waals surface area contributed by atoms with Gasteiger partial charge in [-0.2, -0.15) is 0 Å². The van der Waals surface area contributed by atoms with Gasteiger partial charge in [0, 0.05) is 55.4 Å². The number of benzene rings is 2. The number of ether oxygens (including phenoxy) is 1. The molecule has 234 valence electrons. The first-order valence-electron chi connectivity index (χ1n) is 13.6. The predicted molar refractivity (Wildman–Crippen MR) is 162 cm³/mol. The topological polar surface area (TPSA) is 174 Å². The molecule has 0 bridgehead atoms. The highest BCUT2D eigenvalue weighted by atomic mass is 32.2. The number of fused-ring (bicyclic) bond motifs is 1. The van der Waals surface area contributed by atoms with E-state index in [9.17, 15) is 28.5 Å². The molecule has 13 nitrogen and oxygen atoms in total. The van der Waals surface area contributed by atoms with Crippen molar-refractivity contribution in [2.24, 2.45) is 0 Å². The van der Waals surface area contributed by atoms with E-state index in [2.05, 4.69) is 20.6 Å². The van der Waals surface area contributed by atoms with E-state index in [0.29, 0.717) is 29.7 Å². The molecule has 0 saturated carbocycles. The maximum Gasteiger partial charge on any atom is 0.252 e. The highest BCUT2D eigenvalue weighted by Crippen LogP contribution is 2.34. The van der Waals surface area contributed by atoms with Crippen LogP contribution in [0.4, 0.5) is 5.69 Å². The Kier molecular flexibility index (Phi) is 11.2. The van der Waals surface area contributed by atoms with E-state index in [4.69, 9.17) is 8.92 Å². The van der Waals surface area contributed by atoms with Crippen molar-refractivity contribution < 1.29 is 37.5 Å². The Morgan fingerprint density at radius 3 is 2.42 bits per heavy atom. The van der Waals surface area contributed by atoms with Gasteiger partial charge in [0.25, 0.3) is 5.91 Å². The Hall–Kier alpha value is -3.02. The highest BCUT2D eigenvalue weighted by molar-refractivity contribution is 7.95. The number of aromatic nitrogens is 1. The van der Waals surface area contributed by atoms with Crippen LogP contribution in [0, 0.1) is 0 Å². The van der Waals surface area contributed by atoms with Crippen LogP contribution in [0.3, 0.4) is 0 Å². The lowest BCUT2D eigenvalue weighted by Crippen LogP contribution is -2.47. The van der Waals surface area contributed by atoms with Gasteiger partial charge in [-0.05, 0) is 56.4 Å². The summed E-state index contributed by atoms with van der Waals surface area (Å²) in [5.41, 5.74) is 4.20. The highest BCUT2D eigenvalue weighted by Gasteiger charge is 2.28. The number of sulfone groups is 1. The van der Waals surface area contributed by atoms with E-state index in [1.807, 2.05) is 12.1 Å². The van der Waals surface area contributed by atoms with Crippen LogP contribution in [0.1, 0.15) is 17.3 Å². The zero-order chi connectivity index (χ0) is 31.1. The molecule has 3 unspecified atom stereocenters. The molecule has 2 heterocycles. The fourth-order valence-corrected chi connectivity index (χ4v) is 6.37. The fourth-order valence-electron chi connectivity index (χ4n) is 4.27. The largest absolute Gasteiger partial charge is 0.497 e. The molecule has 4 rings (SSSR count). The smallest absolute Gasteiger partial charge is 0.252 e. The molecule has 1 aliphatic heterocycles. The van der Waals surface area contributed by atoms with Gasteiger partial charge < -0.3 is 39.9 Å². The number of likely N-dealkylation sites (N-methyl/N-ethyl adjacent to an activating group) is 1. The van der Waals surface area contributed by atoms with Gasteiger partial charge in [-0.25, -0.2) is 13.4 Å². The van der Waals surface area contributed by atoms with Crippen LogP contribution in [0.25, 0.3) is 10.9 Å². The quantitative estimate of drug-likeness (QED) is 0.134. The summed E-state index contributed by atoms with van der Waals surface area (Å²) in [6.45, 7) is 3.51. The predicted octanol–water partition coefficient (Wildman–Crippen LogP) is 1.11. The molecule has 2 aromatic carbocycles. The molecule has 5 N–H and O–H groups in total. The normalized spacial score (nSPS) is 16.9. The fraction of sp³-hybridized carbons (Fsp3) is 0.429. The van der Waals surface area contributed by atoms with Crippen LogP contribution in [0.2, 0.25) is 0 Å². The number of carbonyl (C=O) groups is 1. The number of piperazine rings is 1. The molecule has 0 aliphatic carbocycles. The molecule has 3 aromatic rings. The number of carbonyl (C=O) groups excluding carboxylic acids is 1. The number of aliphatic hydroxyl groups is 3. The van der Waals surface area contributed by atoms with Crippen molar-refractivity contribution in [2.45, 2.75) is 34.3 Å². The Balaban J connectivity index is 1.75. The van der Waals surface area contributed by atoms with Gasteiger partial charge in [-0.1, -0.05) is 0 Å². The maximum atomic E-state index is 13.9. The van der Waals surface area contributed by atoms with Crippen LogP contribution >= 0.6 is 12.0 Å². The first-order chi connectivity index (χ1) is 20.6. The van der Waals surface area contributed by atoms with E-state index in [-0.39, 0.29) is 27.6 Å². The summed E-state index contributed by atoms with van der Waals surface area (Å²) >= 11 is 0.721. The summed E-state index contributed by atoms with van der Waals surface area (Å²) in [6.07, 6.45) is -0.613. The third-order valence-corrected chi connectivity index (χ3v) is 9.78. The van der Waals surface area contributed by atoms with Crippen LogP contribution in [0.15, 0.2) is 58.5 Å². The first-order valence-corrected chi connectivity index (χ1v) is 15.9. The van der Waals surface area contributed by atoms with Gasteiger partial charge in [0.2, 0.25) is 9.84 Å². The minimum atomic E-state index is -4.05. The average Bonchev–Trinajstić information content (AvgIpc) is 3.03. The summed E-state index contributed by atoms with van der Waals surface area (Å²) in [4.78, 5) is 19.9. The summed E-state index contributed by atoms with van der Waals surface area (Å²) in [7, 11) is -0.543. The van der Waals surface area contributed by atoms with E-state index < -0.39 is 39.9 Å². The van der Waals surface area contributed by atoms with Gasteiger partial charge in [0.15, 0.2) is 0 Å². The number of hydrazine groups is 1. The number of anilines is 1. The van der Waals surface area contributed by atoms with Crippen molar-refractivity contribution in [1.82, 2.24) is 20.2 Å². The number of nitrogens with one attached hydrogen (secondary N) is 2. The monoisotopic (exact) mass is 635 g/mol. The van der Waals surface area contributed by atoms with E-state index in [1.54, 1.807) is 25.1 Å². The Labute approximate surface area is 254 Å². The minimum absolute atomic E-state index is 0.0553. The molecular weight excluding hydrogens is 598 g/mol. The Morgan fingerprint density at radius 2 is 1.79 bits per heavy atom. The van der Waals surface area contributed by atoms with Crippen molar-refractivity contribution in [2.75, 3.05) is 59.0 Å². The molecule has 1 aliphatic rings. The lowest BCUT2D eigenvalue weighted by molar-refractivity contribution is 0.0715. The molecule has 1 aromatic heterocycles. The summed E-state index contributed by atoms with van der Waals surface area (Å²) < 4.78 is 38.4. The summed E-state index contributed by atoms with van der Waals surface area (Å²) in [5.74, 6) is -0.0814. The van der Waals surface area contributed by atoms with Gasteiger partial charge in [0.05, 0.1) is 42.5 Å². The van der Waals surface area contributed by atoms with Crippen LogP contribution in [-0.4, -0.2) is 116 Å². The lowest BCUT2D eigenvalue weighted by atomic mass is 10.1.